The number of para-hydroxylation sites is 1. The van der Waals surface area contributed by atoms with Gasteiger partial charge in [0.1, 0.15) is 5.58 Å². The van der Waals surface area contributed by atoms with Gasteiger partial charge in [-0.15, -0.1) is 0 Å². The Labute approximate surface area is 194 Å². The Morgan fingerprint density at radius 2 is 1.64 bits per heavy atom. The Morgan fingerprint density at radius 3 is 2.30 bits per heavy atom. The summed E-state index contributed by atoms with van der Waals surface area (Å²) in [6.07, 6.45) is -1.01. The van der Waals surface area contributed by atoms with Crippen LogP contribution in [0.15, 0.2) is 82.0 Å². The van der Waals surface area contributed by atoms with Crippen LogP contribution in [0.25, 0.3) is 22.3 Å². The maximum absolute atomic E-state index is 13.2. The van der Waals surface area contributed by atoms with E-state index in [1.165, 1.54) is 6.92 Å². The highest BCUT2D eigenvalue weighted by atomic mass is 35.5. The van der Waals surface area contributed by atoms with Gasteiger partial charge in [-0.1, -0.05) is 23.7 Å². The maximum atomic E-state index is 13.2. The number of fused-ring (bicyclic) bond motifs is 1. The summed E-state index contributed by atoms with van der Waals surface area (Å²) in [6.45, 7) is 3.01. The van der Waals surface area contributed by atoms with Crippen molar-refractivity contribution in [2.45, 2.75) is 20.0 Å². The second-order valence-corrected chi connectivity index (χ2v) is 7.91. The molecule has 0 fully saturated rings. The zero-order valence-corrected chi connectivity index (χ0v) is 18.7. The molecular weight excluding hydrogens is 442 g/mol. The average Bonchev–Trinajstić information content (AvgIpc) is 2.81. The number of amides is 1. The lowest BCUT2D eigenvalue weighted by molar-refractivity contribution is -0.122. The Hall–Kier alpha value is -3.90. The monoisotopic (exact) mass is 461 g/mol. The number of hydrogen-bond acceptors (Lipinski definition) is 5. The van der Waals surface area contributed by atoms with Gasteiger partial charge in [0.2, 0.25) is 11.2 Å². The first-order valence-corrected chi connectivity index (χ1v) is 10.6. The Kier molecular flexibility index (Phi) is 6.29. The lowest BCUT2D eigenvalue weighted by Crippen LogP contribution is -2.31. The maximum Gasteiger partial charge on any atom is 0.265 e. The number of hydrogen-bond donors (Lipinski definition) is 1. The third kappa shape index (κ3) is 4.81. The molecule has 166 valence electrons. The van der Waals surface area contributed by atoms with E-state index in [9.17, 15) is 14.4 Å². The van der Waals surface area contributed by atoms with E-state index in [1.807, 2.05) is 0 Å². The van der Waals surface area contributed by atoms with E-state index >= 15 is 0 Å². The van der Waals surface area contributed by atoms with Crippen molar-refractivity contribution in [2.75, 3.05) is 5.32 Å². The van der Waals surface area contributed by atoms with E-state index in [-0.39, 0.29) is 22.7 Å². The number of ketones is 1. The predicted octanol–water partition coefficient (Wildman–Crippen LogP) is 5.72. The van der Waals surface area contributed by atoms with Crippen molar-refractivity contribution in [3.8, 4) is 17.1 Å². The molecule has 1 amide bonds. The van der Waals surface area contributed by atoms with Gasteiger partial charge in [-0.05, 0) is 74.5 Å². The lowest BCUT2D eigenvalue weighted by atomic mass is 10.1. The van der Waals surface area contributed by atoms with Gasteiger partial charge in [0.15, 0.2) is 17.6 Å². The highest BCUT2D eigenvalue weighted by Crippen LogP contribution is 2.32. The number of carbonyl (C=O) groups excluding carboxylic acids is 2. The Balaban J connectivity index is 1.66. The number of nitrogens with one attached hydrogen (secondary N) is 1. The molecule has 1 atom stereocenters. The van der Waals surface area contributed by atoms with Gasteiger partial charge in [-0.3, -0.25) is 14.4 Å². The van der Waals surface area contributed by atoms with Gasteiger partial charge in [0.05, 0.1) is 5.39 Å². The molecule has 0 bridgehead atoms. The van der Waals surface area contributed by atoms with Crippen molar-refractivity contribution in [3.05, 3.63) is 93.6 Å². The van der Waals surface area contributed by atoms with Crippen LogP contribution < -0.4 is 15.5 Å². The zero-order chi connectivity index (χ0) is 23.5. The summed E-state index contributed by atoms with van der Waals surface area (Å²) in [5.41, 5.74) is 1.65. The summed E-state index contributed by atoms with van der Waals surface area (Å²) < 4.78 is 11.9. The van der Waals surface area contributed by atoms with E-state index in [2.05, 4.69) is 5.32 Å². The van der Waals surface area contributed by atoms with Gasteiger partial charge in [-0.2, -0.15) is 0 Å². The number of halogens is 1. The topological polar surface area (TPSA) is 85.6 Å². The average molecular weight is 462 g/mol. The number of rotatable bonds is 6. The SMILES string of the molecule is CC(=O)c1ccc(NC(=O)C(C)Oc2c(-c3ccc(Cl)cc3)oc3ccccc3c2=O)cc1. The van der Waals surface area contributed by atoms with Crippen LogP contribution in [0.1, 0.15) is 24.2 Å². The molecule has 0 aliphatic heterocycles. The van der Waals surface area contributed by atoms with Crippen LogP contribution in [0.3, 0.4) is 0 Å². The van der Waals surface area contributed by atoms with Crippen molar-refractivity contribution < 1.29 is 18.7 Å². The second kappa shape index (κ2) is 9.30. The van der Waals surface area contributed by atoms with Crippen LogP contribution in [0.5, 0.6) is 5.75 Å². The van der Waals surface area contributed by atoms with Crippen molar-refractivity contribution in [2.24, 2.45) is 0 Å². The lowest BCUT2D eigenvalue weighted by Gasteiger charge is -2.17. The van der Waals surface area contributed by atoms with E-state index in [1.54, 1.807) is 79.7 Å². The van der Waals surface area contributed by atoms with Crippen molar-refractivity contribution >= 4 is 39.9 Å². The number of Topliss-reactive ketones (excluding diaryl/α,β-unsaturated/α-hetero) is 1. The molecule has 6 nitrogen and oxygen atoms in total. The summed E-state index contributed by atoms with van der Waals surface area (Å²) in [7, 11) is 0. The molecule has 1 heterocycles. The number of carbonyl (C=O) groups is 2. The molecule has 4 rings (SSSR count). The number of benzene rings is 3. The largest absolute Gasteiger partial charge is 0.473 e. The molecule has 1 aromatic heterocycles. The molecule has 33 heavy (non-hydrogen) atoms. The van der Waals surface area contributed by atoms with Crippen LogP contribution in [-0.4, -0.2) is 17.8 Å². The second-order valence-electron chi connectivity index (χ2n) is 7.48. The van der Waals surface area contributed by atoms with Crippen LogP contribution >= 0.6 is 11.6 Å². The van der Waals surface area contributed by atoms with Crippen LogP contribution in [-0.2, 0) is 4.79 Å². The molecule has 1 N–H and O–H groups in total. The van der Waals surface area contributed by atoms with Crippen LogP contribution in [0.4, 0.5) is 5.69 Å². The fourth-order valence-corrected chi connectivity index (χ4v) is 3.41. The molecule has 0 saturated carbocycles. The minimum absolute atomic E-state index is 0.0643. The van der Waals surface area contributed by atoms with E-state index < -0.39 is 12.0 Å². The third-order valence-electron chi connectivity index (χ3n) is 5.09. The van der Waals surface area contributed by atoms with Gasteiger partial charge in [-0.25, -0.2) is 0 Å². The van der Waals surface area contributed by atoms with E-state index in [0.29, 0.717) is 32.8 Å². The molecule has 0 saturated heterocycles. The standard InChI is InChI=1S/C26H20ClNO5/c1-15(29)17-9-13-20(14-10-17)28-26(31)16(2)32-25-23(30)21-5-3-4-6-22(21)33-24(25)18-7-11-19(27)12-8-18/h3-14,16H,1-2H3,(H,28,31). The van der Waals surface area contributed by atoms with Crippen molar-refractivity contribution in [3.63, 3.8) is 0 Å². The first-order chi connectivity index (χ1) is 15.8. The smallest absolute Gasteiger partial charge is 0.265 e. The quantitative estimate of drug-likeness (QED) is 0.371. The van der Waals surface area contributed by atoms with Gasteiger partial charge in [0.25, 0.3) is 5.91 Å². The normalized spacial score (nSPS) is 11.7. The van der Waals surface area contributed by atoms with Crippen molar-refractivity contribution in [1.29, 1.82) is 0 Å². The first kappa shape index (κ1) is 22.3. The summed E-state index contributed by atoms with van der Waals surface area (Å²) in [4.78, 5) is 37.4. The summed E-state index contributed by atoms with van der Waals surface area (Å²) in [5, 5.41) is 3.61. The minimum Gasteiger partial charge on any atom is -0.473 e. The highest BCUT2D eigenvalue weighted by Gasteiger charge is 2.23. The Morgan fingerprint density at radius 1 is 0.970 bits per heavy atom. The van der Waals surface area contributed by atoms with Gasteiger partial charge in [0, 0.05) is 21.8 Å². The number of anilines is 1. The van der Waals surface area contributed by atoms with Crippen LogP contribution in [0.2, 0.25) is 5.02 Å². The minimum atomic E-state index is -1.01. The molecule has 0 aliphatic rings. The van der Waals surface area contributed by atoms with Gasteiger partial charge < -0.3 is 14.5 Å². The fourth-order valence-electron chi connectivity index (χ4n) is 3.29. The zero-order valence-electron chi connectivity index (χ0n) is 17.9. The fraction of sp³-hybridized carbons (Fsp3) is 0.115. The third-order valence-corrected chi connectivity index (χ3v) is 5.34. The molecule has 7 heteroatoms. The molecule has 0 aliphatic carbocycles. The van der Waals surface area contributed by atoms with Crippen LogP contribution in [0, 0.1) is 0 Å². The molecule has 0 spiro atoms. The van der Waals surface area contributed by atoms with E-state index in [4.69, 9.17) is 20.8 Å². The Bertz CT molecular complexity index is 1390. The molecular formula is C26H20ClNO5. The summed E-state index contributed by atoms with van der Waals surface area (Å²) in [5.74, 6) is -0.381. The molecule has 4 aromatic rings. The van der Waals surface area contributed by atoms with Crippen molar-refractivity contribution in [1.82, 2.24) is 0 Å². The molecule has 1 unspecified atom stereocenters. The van der Waals surface area contributed by atoms with E-state index in [0.717, 1.165) is 0 Å². The highest BCUT2D eigenvalue weighted by molar-refractivity contribution is 6.30. The molecule has 0 radical (unpaired) electrons. The summed E-state index contributed by atoms with van der Waals surface area (Å²) >= 11 is 6.00. The van der Waals surface area contributed by atoms with Gasteiger partial charge >= 0.3 is 0 Å². The number of ether oxygens (including phenoxy) is 1. The predicted molar refractivity (Wildman–Crippen MR) is 128 cm³/mol. The molecule has 3 aromatic carbocycles. The first-order valence-electron chi connectivity index (χ1n) is 10.2. The summed E-state index contributed by atoms with van der Waals surface area (Å²) in [6, 6.07) is 20.1.